The van der Waals surface area contributed by atoms with Gasteiger partial charge in [0, 0.05) is 12.6 Å². The molecule has 0 saturated carbocycles. The van der Waals surface area contributed by atoms with E-state index in [1.54, 1.807) is 6.92 Å². The van der Waals surface area contributed by atoms with E-state index in [4.69, 9.17) is 9.47 Å². The van der Waals surface area contributed by atoms with Crippen LogP contribution in [0, 0.1) is 0 Å². The molecule has 4 nitrogen and oxygen atoms in total. The van der Waals surface area contributed by atoms with Crippen LogP contribution < -0.4 is 9.64 Å². The first-order valence-corrected chi connectivity index (χ1v) is 9.04. The maximum atomic E-state index is 12.0. The Labute approximate surface area is 159 Å². The quantitative estimate of drug-likeness (QED) is 0.603. The monoisotopic (exact) mass is 359 g/mol. The standard InChI is InChI=1S/C23H21NO3/c1-3-26-23(25)17-14-12-16(13-15-17)22-18-8-4-6-10-20(18)27-21-11-7-5-9-19(21)24(22)2/h4-15,22H,3H2,1-2H3. The van der Waals surface area contributed by atoms with Crippen LogP contribution in [0.5, 0.6) is 11.5 Å². The number of anilines is 1. The highest BCUT2D eigenvalue weighted by atomic mass is 16.5. The molecular formula is C23H21NO3. The molecule has 1 aliphatic rings. The molecule has 1 atom stereocenters. The summed E-state index contributed by atoms with van der Waals surface area (Å²) < 4.78 is 11.3. The third-order valence-electron chi connectivity index (χ3n) is 4.80. The van der Waals surface area contributed by atoms with E-state index >= 15 is 0 Å². The Kier molecular flexibility index (Phi) is 4.55. The largest absolute Gasteiger partial charge is 0.462 e. The predicted octanol–water partition coefficient (Wildman–Crippen LogP) is 5.19. The fourth-order valence-corrected chi connectivity index (χ4v) is 3.52. The molecule has 136 valence electrons. The molecule has 0 radical (unpaired) electrons. The van der Waals surface area contributed by atoms with Gasteiger partial charge < -0.3 is 14.4 Å². The van der Waals surface area contributed by atoms with Crippen molar-refractivity contribution in [3.63, 3.8) is 0 Å². The Morgan fingerprint density at radius 2 is 1.63 bits per heavy atom. The molecule has 3 aromatic rings. The first-order chi connectivity index (χ1) is 13.2. The van der Waals surface area contributed by atoms with Gasteiger partial charge in [-0.1, -0.05) is 42.5 Å². The Morgan fingerprint density at radius 3 is 2.37 bits per heavy atom. The number of ether oxygens (including phenoxy) is 2. The molecular weight excluding hydrogens is 338 g/mol. The maximum absolute atomic E-state index is 12.0. The summed E-state index contributed by atoms with van der Waals surface area (Å²) in [6.45, 7) is 2.18. The van der Waals surface area contributed by atoms with E-state index in [2.05, 4.69) is 24.1 Å². The molecule has 0 aliphatic carbocycles. The summed E-state index contributed by atoms with van der Waals surface area (Å²) in [6, 6.07) is 23.7. The molecule has 0 bridgehead atoms. The topological polar surface area (TPSA) is 38.8 Å². The number of fused-ring (bicyclic) bond motifs is 2. The smallest absolute Gasteiger partial charge is 0.338 e. The van der Waals surface area contributed by atoms with Gasteiger partial charge in [-0.25, -0.2) is 4.79 Å². The van der Waals surface area contributed by atoms with Gasteiger partial charge in [0.25, 0.3) is 0 Å². The number of nitrogens with zero attached hydrogens (tertiary/aromatic N) is 1. The van der Waals surface area contributed by atoms with Crippen molar-refractivity contribution in [2.45, 2.75) is 13.0 Å². The lowest BCUT2D eigenvalue weighted by Gasteiger charge is -2.29. The van der Waals surface area contributed by atoms with E-state index in [-0.39, 0.29) is 12.0 Å². The van der Waals surface area contributed by atoms with Crippen molar-refractivity contribution in [3.8, 4) is 11.5 Å². The fourth-order valence-electron chi connectivity index (χ4n) is 3.52. The van der Waals surface area contributed by atoms with Crippen molar-refractivity contribution in [2.24, 2.45) is 0 Å². The van der Waals surface area contributed by atoms with E-state index in [0.29, 0.717) is 12.2 Å². The minimum atomic E-state index is -0.299. The van der Waals surface area contributed by atoms with Crippen molar-refractivity contribution in [2.75, 3.05) is 18.6 Å². The molecule has 0 spiro atoms. The van der Waals surface area contributed by atoms with Gasteiger partial charge >= 0.3 is 5.97 Å². The molecule has 0 saturated heterocycles. The van der Waals surface area contributed by atoms with E-state index in [9.17, 15) is 4.79 Å². The van der Waals surface area contributed by atoms with Crippen LogP contribution in [0.4, 0.5) is 5.69 Å². The van der Waals surface area contributed by atoms with Crippen molar-refractivity contribution < 1.29 is 14.3 Å². The molecule has 3 aromatic carbocycles. The van der Waals surface area contributed by atoms with Crippen LogP contribution >= 0.6 is 0 Å². The number of carbonyl (C=O) groups is 1. The molecule has 4 heteroatoms. The number of hydrogen-bond acceptors (Lipinski definition) is 4. The van der Waals surface area contributed by atoms with E-state index < -0.39 is 0 Å². The third kappa shape index (κ3) is 3.14. The summed E-state index contributed by atoms with van der Waals surface area (Å²) in [6.07, 6.45) is 0. The second kappa shape index (κ2) is 7.16. The number of para-hydroxylation sites is 3. The lowest BCUT2D eigenvalue weighted by Crippen LogP contribution is -2.24. The Morgan fingerprint density at radius 1 is 0.963 bits per heavy atom. The summed E-state index contributed by atoms with van der Waals surface area (Å²) >= 11 is 0. The van der Waals surface area contributed by atoms with Crippen molar-refractivity contribution in [1.82, 2.24) is 0 Å². The maximum Gasteiger partial charge on any atom is 0.338 e. The second-order valence-corrected chi connectivity index (χ2v) is 6.46. The van der Waals surface area contributed by atoms with Crippen LogP contribution in [0.15, 0.2) is 72.8 Å². The first kappa shape index (κ1) is 17.2. The van der Waals surface area contributed by atoms with Gasteiger partial charge in [0.05, 0.1) is 23.9 Å². The van der Waals surface area contributed by atoms with Crippen LogP contribution in [-0.2, 0) is 4.74 Å². The molecule has 27 heavy (non-hydrogen) atoms. The highest BCUT2D eigenvalue weighted by Crippen LogP contribution is 2.45. The first-order valence-electron chi connectivity index (χ1n) is 9.04. The molecule has 0 fully saturated rings. The zero-order valence-electron chi connectivity index (χ0n) is 15.4. The lowest BCUT2D eigenvalue weighted by atomic mass is 9.95. The average Bonchev–Trinajstić information content (AvgIpc) is 2.82. The summed E-state index contributed by atoms with van der Waals surface area (Å²) in [7, 11) is 2.06. The molecule has 4 rings (SSSR count). The fraction of sp³-hybridized carbons (Fsp3) is 0.174. The average molecular weight is 359 g/mol. The predicted molar refractivity (Wildman–Crippen MR) is 106 cm³/mol. The number of hydrogen-bond donors (Lipinski definition) is 0. The van der Waals surface area contributed by atoms with Gasteiger partial charge in [-0.3, -0.25) is 0 Å². The number of rotatable bonds is 3. The summed E-state index contributed by atoms with van der Waals surface area (Å²) in [5.41, 5.74) is 3.74. The summed E-state index contributed by atoms with van der Waals surface area (Å²) in [4.78, 5) is 14.2. The van der Waals surface area contributed by atoms with Gasteiger partial charge in [0.15, 0.2) is 5.75 Å². The molecule has 0 aromatic heterocycles. The van der Waals surface area contributed by atoms with Gasteiger partial charge in [-0.15, -0.1) is 0 Å². The van der Waals surface area contributed by atoms with E-state index in [1.165, 1.54) is 0 Å². The SMILES string of the molecule is CCOC(=O)c1ccc(C2c3ccccc3Oc3ccccc3N2C)cc1. The second-order valence-electron chi connectivity index (χ2n) is 6.46. The number of esters is 1. The van der Waals surface area contributed by atoms with Crippen LogP contribution in [-0.4, -0.2) is 19.6 Å². The van der Waals surface area contributed by atoms with Crippen LogP contribution in [0.1, 0.15) is 34.5 Å². The number of benzene rings is 3. The Hall–Kier alpha value is -3.27. The van der Waals surface area contributed by atoms with Crippen molar-refractivity contribution in [3.05, 3.63) is 89.5 Å². The van der Waals surface area contributed by atoms with Crippen molar-refractivity contribution >= 4 is 11.7 Å². The molecule has 0 N–H and O–H groups in total. The zero-order valence-corrected chi connectivity index (χ0v) is 15.4. The van der Waals surface area contributed by atoms with E-state index in [0.717, 1.165) is 28.3 Å². The molecule has 1 aliphatic heterocycles. The van der Waals surface area contributed by atoms with Crippen LogP contribution in [0.2, 0.25) is 0 Å². The highest BCUT2D eigenvalue weighted by molar-refractivity contribution is 5.89. The minimum Gasteiger partial charge on any atom is -0.462 e. The van der Waals surface area contributed by atoms with Crippen LogP contribution in [0.25, 0.3) is 0 Å². The van der Waals surface area contributed by atoms with Gasteiger partial charge in [0.1, 0.15) is 5.75 Å². The van der Waals surface area contributed by atoms with Gasteiger partial charge in [-0.05, 0) is 42.8 Å². The number of carbonyl (C=O) groups excluding carboxylic acids is 1. The van der Waals surface area contributed by atoms with Gasteiger partial charge in [-0.2, -0.15) is 0 Å². The van der Waals surface area contributed by atoms with E-state index in [1.807, 2.05) is 60.7 Å². The Balaban J connectivity index is 1.80. The molecule has 1 unspecified atom stereocenters. The molecule has 0 amide bonds. The Bertz CT molecular complexity index is 965. The minimum absolute atomic E-state index is 0.0268. The van der Waals surface area contributed by atoms with Gasteiger partial charge in [0.2, 0.25) is 0 Å². The highest BCUT2D eigenvalue weighted by Gasteiger charge is 2.28. The van der Waals surface area contributed by atoms with Crippen LogP contribution in [0.3, 0.4) is 0 Å². The van der Waals surface area contributed by atoms with Crippen molar-refractivity contribution in [1.29, 1.82) is 0 Å². The molecule has 1 heterocycles. The lowest BCUT2D eigenvalue weighted by molar-refractivity contribution is 0.0526. The third-order valence-corrected chi connectivity index (χ3v) is 4.80. The normalized spacial score (nSPS) is 15.2. The zero-order chi connectivity index (χ0) is 18.8. The summed E-state index contributed by atoms with van der Waals surface area (Å²) in [5, 5.41) is 0. The summed E-state index contributed by atoms with van der Waals surface area (Å²) in [5.74, 6) is 1.37.